The molecule has 0 radical (unpaired) electrons. The Hall–Kier alpha value is -2.25. The van der Waals surface area contributed by atoms with E-state index >= 15 is 0 Å². The van der Waals surface area contributed by atoms with Crippen LogP contribution in [0.1, 0.15) is 29.5 Å². The van der Waals surface area contributed by atoms with E-state index in [2.05, 4.69) is 16.3 Å². The van der Waals surface area contributed by atoms with E-state index in [1.807, 2.05) is 12.1 Å². The summed E-state index contributed by atoms with van der Waals surface area (Å²) in [5, 5.41) is 3.33. The zero-order valence-corrected chi connectivity index (χ0v) is 16.2. The van der Waals surface area contributed by atoms with Gasteiger partial charge in [-0.25, -0.2) is 0 Å². The molecule has 2 aliphatic heterocycles. The van der Waals surface area contributed by atoms with Crippen molar-refractivity contribution in [2.75, 3.05) is 26.4 Å². The van der Waals surface area contributed by atoms with Gasteiger partial charge in [-0.3, -0.25) is 4.90 Å². The SMILES string of the molecule is FC(F)(F)c1cccc(CNCC2CCN(Cc3ccc4c(c3)OCO4)CC2)c1. The lowest BCUT2D eigenvalue weighted by atomic mass is 9.96. The van der Waals surface area contributed by atoms with Crippen LogP contribution in [0.2, 0.25) is 0 Å². The molecule has 2 aromatic carbocycles. The monoisotopic (exact) mass is 406 g/mol. The van der Waals surface area contributed by atoms with Gasteiger partial charge in [0.05, 0.1) is 5.56 Å². The molecule has 0 aliphatic carbocycles. The predicted octanol–water partition coefficient (Wildman–Crippen LogP) is 4.44. The lowest BCUT2D eigenvalue weighted by Gasteiger charge is -2.32. The third kappa shape index (κ3) is 5.22. The number of rotatable bonds is 6. The molecule has 29 heavy (non-hydrogen) atoms. The van der Waals surface area contributed by atoms with E-state index in [9.17, 15) is 13.2 Å². The molecule has 1 saturated heterocycles. The minimum absolute atomic E-state index is 0.289. The highest BCUT2D eigenvalue weighted by atomic mass is 19.4. The maximum Gasteiger partial charge on any atom is 0.416 e. The number of nitrogens with zero attached hydrogens (tertiary/aromatic N) is 1. The number of nitrogens with one attached hydrogen (secondary N) is 1. The summed E-state index contributed by atoms with van der Waals surface area (Å²) in [5.41, 5.74) is 1.30. The molecule has 4 rings (SSSR count). The van der Waals surface area contributed by atoms with E-state index < -0.39 is 11.7 Å². The van der Waals surface area contributed by atoms with Crippen LogP contribution in [0.5, 0.6) is 11.5 Å². The summed E-state index contributed by atoms with van der Waals surface area (Å²) in [4.78, 5) is 2.43. The third-order valence-corrected chi connectivity index (χ3v) is 5.57. The summed E-state index contributed by atoms with van der Waals surface area (Å²) in [7, 11) is 0. The number of hydrogen-bond donors (Lipinski definition) is 1. The van der Waals surface area contributed by atoms with E-state index in [0.717, 1.165) is 56.6 Å². The topological polar surface area (TPSA) is 33.7 Å². The molecule has 4 nitrogen and oxygen atoms in total. The largest absolute Gasteiger partial charge is 0.454 e. The Morgan fingerprint density at radius 1 is 0.966 bits per heavy atom. The number of piperidine rings is 1. The van der Waals surface area contributed by atoms with Crippen LogP contribution >= 0.6 is 0 Å². The first kappa shape index (κ1) is 20.0. The van der Waals surface area contributed by atoms with E-state index in [-0.39, 0.29) is 6.79 Å². The number of benzene rings is 2. The predicted molar refractivity (Wildman–Crippen MR) is 104 cm³/mol. The summed E-state index contributed by atoms with van der Waals surface area (Å²) in [6.45, 7) is 4.50. The van der Waals surface area contributed by atoms with E-state index in [1.165, 1.54) is 17.7 Å². The van der Waals surface area contributed by atoms with Crippen molar-refractivity contribution in [3.05, 3.63) is 59.2 Å². The van der Waals surface area contributed by atoms with Crippen LogP contribution in [-0.4, -0.2) is 31.3 Å². The second kappa shape index (κ2) is 8.63. The van der Waals surface area contributed by atoms with Crippen molar-refractivity contribution in [2.45, 2.75) is 32.1 Å². The van der Waals surface area contributed by atoms with Gasteiger partial charge in [0.25, 0.3) is 0 Å². The summed E-state index contributed by atoms with van der Waals surface area (Å²) in [6.07, 6.45) is -2.12. The number of fused-ring (bicyclic) bond motifs is 1. The zero-order valence-electron chi connectivity index (χ0n) is 16.2. The van der Waals surface area contributed by atoms with E-state index in [1.54, 1.807) is 6.07 Å². The summed E-state index contributed by atoms with van der Waals surface area (Å²) < 4.78 is 49.2. The van der Waals surface area contributed by atoms with Crippen LogP contribution < -0.4 is 14.8 Å². The van der Waals surface area contributed by atoms with E-state index in [0.29, 0.717) is 18.0 Å². The van der Waals surface area contributed by atoms with Crippen LogP contribution in [0.3, 0.4) is 0 Å². The smallest absolute Gasteiger partial charge is 0.416 e. The minimum atomic E-state index is -4.29. The summed E-state index contributed by atoms with van der Waals surface area (Å²) >= 11 is 0. The van der Waals surface area contributed by atoms with Gasteiger partial charge in [-0.15, -0.1) is 0 Å². The van der Waals surface area contributed by atoms with Crippen molar-refractivity contribution in [1.29, 1.82) is 0 Å². The second-order valence-electron chi connectivity index (χ2n) is 7.74. The Kier molecular flexibility index (Phi) is 5.96. The average Bonchev–Trinajstić information content (AvgIpc) is 3.17. The number of alkyl halides is 3. The van der Waals surface area contributed by atoms with Crippen molar-refractivity contribution >= 4 is 0 Å². The molecule has 2 aromatic rings. The van der Waals surface area contributed by atoms with Gasteiger partial charge in [0.15, 0.2) is 11.5 Å². The average molecular weight is 406 g/mol. The van der Waals surface area contributed by atoms with Crippen LogP contribution in [0.25, 0.3) is 0 Å². The maximum absolute atomic E-state index is 12.8. The molecule has 7 heteroatoms. The molecule has 0 spiro atoms. The summed E-state index contributed by atoms with van der Waals surface area (Å²) in [6, 6.07) is 11.6. The molecule has 2 aliphatic rings. The first-order valence-electron chi connectivity index (χ1n) is 9.95. The minimum Gasteiger partial charge on any atom is -0.454 e. The van der Waals surface area contributed by atoms with Gasteiger partial charge in [0.2, 0.25) is 6.79 Å². The molecular weight excluding hydrogens is 381 g/mol. The first-order valence-corrected chi connectivity index (χ1v) is 9.95. The second-order valence-corrected chi connectivity index (χ2v) is 7.74. The van der Waals surface area contributed by atoms with Crippen LogP contribution in [0.4, 0.5) is 13.2 Å². The standard InChI is InChI=1S/C22H25F3N2O2/c23-22(24,25)19-3-1-2-17(10-19)13-26-12-16-6-8-27(9-7-16)14-18-4-5-20-21(11-18)29-15-28-20/h1-5,10-11,16,26H,6-9,12-15H2. The molecule has 0 aromatic heterocycles. The van der Waals surface area contributed by atoms with Crippen molar-refractivity contribution in [1.82, 2.24) is 10.2 Å². The van der Waals surface area contributed by atoms with Gasteiger partial charge in [0.1, 0.15) is 0 Å². The highest BCUT2D eigenvalue weighted by molar-refractivity contribution is 5.44. The van der Waals surface area contributed by atoms with E-state index in [4.69, 9.17) is 9.47 Å². The zero-order chi connectivity index (χ0) is 20.3. The molecule has 0 saturated carbocycles. The fourth-order valence-corrected chi connectivity index (χ4v) is 3.92. The van der Waals surface area contributed by atoms with Crippen molar-refractivity contribution in [3.8, 4) is 11.5 Å². The highest BCUT2D eigenvalue weighted by Crippen LogP contribution is 2.33. The number of ether oxygens (including phenoxy) is 2. The normalized spacial score (nSPS) is 17.6. The highest BCUT2D eigenvalue weighted by Gasteiger charge is 2.30. The molecule has 0 amide bonds. The molecular formula is C22H25F3N2O2. The molecule has 0 atom stereocenters. The Labute approximate surface area is 168 Å². The number of hydrogen-bond acceptors (Lipinski definition) is 4. The quantitative estimate of drug-likeness (QED) is 0.769. The van der Waals surface area contributed by atoms with Gasteiger partial charge in [-0.2, -0.15) is 13.2 Å². The molecule has 0 unspecified atom stereocenters. The molecule has 156 valence electrons. The fraction of sp³-hybridized carbons (Fsp3) is 0.455. The fourth-order valence-electron chi connectivity index (χ4n) is 3.92. The first-order chi connectivity index (χ1) is 14.0. The lowest BCUT2D eigenvalue weighted by Crippen LogP contribution is -2.36. The van der Waals surface area contributed by atoms with Crippen LogP contribution in [-0.2, 0) is 19.3 Å². The van der Waals surface area contributed by atoms with Gasteiger partial charge >= 0.3 is 6.18 Å². The Balaban J connectivity index is 1.19. The molecule has 1 N–H and O–H groups in total. The van der Waals surface area contributed by atoms with Crippen molar-refractivity contribution in [3.63, 3.8) is 0 Å². The van der Waals surface area contributed by atoms with Gasteiger partial charge in [-0.05, 0) is 67.7 Å². The third-order valence-electron chi connectivity index (χ3n) is 5.57. The molecule has 0 bridgehead atoms. The Bertz CT molecular complexity index is 833. The Morgan fingerprint density at radius 2 is 1.76 bits per heavy atom. The number of likely N-dealkylation sites (tertiary alicyclic amines) is 1. The molecule has 1 fully saturated rings. The van der Waals surface area contributed by atoms with Gasteiger partial charge < -0.3 is 14.8 Å². The Morgan fingerprint density at radius 3 is 2.55 bits per heavy atom. The van der Waals surface area contributed by atoms with Crippen molar-refractivity contribution in [2.24, 2.45) is 5.92 Å². The maximum atomic E-state index is 12.8. The van der Waals surface area contributed by atoms with Crippen LogP contribution in [0, 0.1) is 5.92 Å². The van der Waals surface area contributed by atoms with Gasteiger partial charge in [-0.1, -0.05) is 24.3 Å². The molecule has 2 heterocycles. The lowest BCUT2D eigenvalue weighted by molar-refractivity contribution is -0.137. The van der Waals surface area contributed by atoms with Crippen LogP contribution in [0.15, 0.2) is 42.5 Å². The van der Waals surface area contributed by atoms with Gasteiger partial charge in [0, 0.05) is 13.1 Å². The number of halogens is 3. The summed E-state index contributed by atoms with van der Waals surface area (Å²) in [5.74, 6) is 2.17. The van der Waals surface area contributed by atoms with Crippen molar-refractivity contribution < 1.29 is 22.6 Å².